The second kappa shape index (κ2) is 9.15. The lowest BCUT2D eigenvalue weighted by molar-refractivity contribution is -0.137. The van der Waals surface area contributed by atoms with Crippen molar-refractivity contribution >= 4 is 23.2 Å². The minimum absolute atomic E-state index is 0.0582. The van der Waals surface area contributed by atoms with E-state index in [1.54, 1.807) is 11.3 Å². The van der Waals surface area contributed by atoms with Gasteiger partial charge in [0, 0.05) is 24.0 Å². The number of hydrogen-bond donors (Lipinski definition) is 2. The van der Waals surface area contributed by atoms with E-state index < -0.39 is 5.97 Å². The monoisotopic (exact) mass is 334 g/mol. The third-order valence-corrected chi connectivity index (χ3v) is 4.43. The summed E-state index contributed by atoms with van der Waals surface area (Å²) in [5.41, 5.74) is 0.671. The zero-order valence-corrected chi connectivity index (χ0v) is 13.8. The van der Waals surface area contributed by atoms with Crippen molar-refractivity contribution in [3.05, 3.63) is 46.4 Å². The number of nitrogens with one attached hydrogen (secondary N) is 1. The average Bonchev–Trinajstić information content (AvgIpc) is 3.18. The molecule has 2 heterocycles. The van der Waals surface area contributed by atoms with Gasteiger partial charge in [-0.05, 0) is 36.4 Å². The molecule has 0 atom stereocenters. The standard InChI is InChI=1S/C17H22N2O3S/c20-16(21)9-3-1-2-4-10-18-17(22)15-8-5-11-19(15)13-14-7-6-12-23-14/h5-8,11-12H,1-4,9-10,13H2,(H,18,22)(H,20,21). The first kappa shape index (κ1) is 17.3. The molecule has 0 aliphatic rings. The van der Waals surface area contributed by atoms with E-state index in [1.165, 1.54) is 4.88 Å². The summed E-state index contributed by atoms with van der Waals surface area (Å²) in [6.45, 7) is 1.33. The summed E-state index contributed by atoms with van der Waals surface area (Å²) in [5.74, 6) is -0.804. The van der Waals surface area contributed by atoms with Gasteiger partial charge in [0.25, 0.3) is 5.91 Å². The van der Waals surface area contributed by atoms with Crippen LogP contribution < -0.4 is 5.32 Å². The van der Waals surface area contributed by atoms with Crippen molar-refractivity contribution in [1.29, 1.82) is 0 Å². The number of carbonyl (C=O) groups excluding carboxylic acids is 1. The van der Waals surface area contributed by atoms with Gasteiger partial charge < -0.3 is 15.0 Å². The smallest absolute Gasteiger partial charge is 0.303 e. The molecule has 2 rings (SSSR count). The van der Waals surface area contributed by atoms with Crippen molar-refractivity contribution in [2.45, 2.75) is 38.6 Å². The van der Waals surface area contributed by atoms with Gasteiger partial charge in [0.2, 0.25) is 0 Å². The largest absolute Gasteiger partial charge is 0.481 e. The Morgan fingerprint density at radius 2 is 1.96 bits per heavy atom. The number of thiophene rings is 1. The topological polar surface area (TPSA) is 71.3 Å². The summed E-state index contributed by atoms with van der Waals surface area (Å²) in [5, 5.41) is 13.5. The number of carbonyl (C=O) groups is 2. The highest BCUT2D eigenvalue weighted by Gasteiger charge is 2.10. The first-order valence-corrected chi connectivity index (χ1v) is 8.72. The Kier molecular flexibility index (Phi) is 6.87. The molecule has 0 radical (unpaired) electrons. The van der Waals surface area contributed by atoms with Crippen molar-refractivity contribution in [3.8, 4) is 0 Å². The lowest BCUT2D eigenvalue weighted by Crippen LogP contribution is -2.26. The van der Waals surface area contributed by atoms with Gasteiger partial charge in [-0.25, -0.2) is 0 Å². The van der Waals surface area contributed by atoms with Gasteiger partial charge in [-0.1, -0.05) is 18.9 Å². The molecular weight excluding hydrogens is 312 g/mol. The summed E-state index contributed by atoms with van der Waals surface area (Å²) in [6.07, 6.45) is 5.54. The number of amides is 1. The van der Waals surface area contributed by atoms with E-state index in [0.29, 0.717) is 25.2 Å². The number of carboxylic acid groups (broad SMARTS) is 1. The maximum atomic E-state index is 12.2. The summed E-state index contributed by atoms with van der Waals surface area (Å²) in [4.78, 5) is 23.8. The van der Waals surface area contributed by atoms with Crippen LogP contribution in [0.3, 0.4) is 0 Å². The molecule has 0 aliphatic carbocycles. The van der Waals surface area contributed by atoms with Gasteiger partial charge in [0.15, 0.2) is 0 Å². The number of hydrogen-bond acceptors (Lipinski definition) is 3. The number of aromatic nitrogens is 1. The Balaban J connectivity index is 1.70. The molecular formula is C17H22N2O3S. The lowest BCUT2D eigenvalue weighted by atomic mass is 10.1. The van der Waals surface area contributed by atoms with Crippen LogP contribution in [-0.2, 0) is 11.3 Å². The molecule has 2 N–H and O–H groups in total. The minimum Gasteiger partial charge on any atom is -0.481 e. The van der Waals surface area contributed by atoms with Crippen LogP contribution in [0.2, 0.25) is 0 Å². The van der Waals surface area contributed by atoms with E-state index in [0.717, 1.165) is 19.3 Å². The molecule has 0 aliphatic heterocycles. The Bertz CT molecular complexity index is 620. The van der Waals surface area contributed by atoms with Gasteiger partial charge >= 0.3 is 5.97 Å². The minimum atomic E-state index is -0.746. The van der Waals surface area contributed by atoms with Gasteiger partial charge in [0.05, 0.1) is 6.54 Å². The molecule has 0 saturated carbocycles. The second-order valence-corrected chi connectivity index (χ2v) is 6.45. The molecule has 6 heteroatoms. The van der Waals surface area contributed by atoms with Crippen molar-refractivity contribution < 1.29 is 14.7 Å². The number of carboxylic acids is 1. The second-order valence-electron chi connectivity index (χ2n) is 5.41. The maximum absolute atomic E-state index is 12.2. The number of rotatable bonds is 10. The van der Waals surface area contributed by atoms with E-state index in [-0.39, 0.29) is 12.3 Å². The first-order chi connectivity index (χ1) is 11.2. The Morgan fingerprint density at radius 1 is 1.13 bits per heavy atom. The van der Waals surface area contributed by atoms with Crippen LogP contribution in [0.5, 0.6) is 0 Å². The molecule has 5 nitrogen and oxygen atoms in total. The van der Waals surface area contributed by atoms with Crippen molar-refractivity contribution in [2.24, 2.45) is 0 Å². The van der Waals surface area contributed by atoms with E-state index in [9.17, 15) is 9.59 Å². The van der Waals surface area contributed by atoms with E-state index >= 15 is 0 Å². The van der Waals surface area contributed by atoms with E-state index in [4.69, 9.17) is 5.11 Å². The highest BCUT2D eigenvalue weighted by molar-refractivity contribution is 7.09. The van der Waals surface area contributed by atoms with Crippen molar-refractivity contribution in [1.82, 2.24) is 9.88 Å². The molecule has 124 valence electrons. The first-order valence-electron chi connectivity index (χ1n) is 7.84. The van der Waals surface area contributed by atoms with Gasteiger partial charge in [-0.2, -0.15) is 0 Å². The third kappa shape index (κ3) is 5.90. The summed E-state index contributed by atoms with van der Waals surface area (Å²) in [7, 11) is 0. The fourth-order valence-electron chi connectivity index (χ4n) is 2.38. The van der Waals surface area contributed by atoms with Crippen LogP contribution >= 0.6 is 11.3 Å². The number of unbranched alkanes of at least 4 members (excludes halogenated alkanes) is 3. The van der Waals surface area contributed by atoms with E-state index in [2.05, 4.69) is 11.4 Å². The van der Waals surface area contributed by atoms with Crippen LogP contribution in [0, 0.1) is 0 Å². The average molecular weight is 334 g/mol. The fraction of sp³-hybridized carbons (Fsp3) is 0.412. The molecule has 2 aromatic heterocycles. The Labute approximate surface area is 139 Å². The quantitative estimate of drug-likeness (QED) is 0.655. The number of aliphatic carboxylic acids is 1. The molecule has 0 aromatic carbocycles. The molecule has 1 amide bonds. The van der Waals surface area contributed by atoms with Crippen molar-refractivity contribution in [2.75, 3.05) is 6.54 Å². The molecule has 0 unspecified atom stereocenters. The van der Waals surface area contributed by atoms with Gasteiger partial charge in [-0.3, -0.25) is 9.59 Å². The molecule has 0 fully saturated rings. The van der Waals surface area contributed by atoms with Crippen LogP contribution in [0.15, 0.2) is 35.8 Å². The lowest BCUT2D eigenvalue weighted by Gasteiger charge is -2.09. The third-order valence-electron chi connectivity index (χ3n) is 3.57. The summed E-state index contributed by atoms with van der Waals surface area (Å²) < 4.78 is 1.95. The predicted molar refractivity (Wildman–Crippen MR) is 90.9 cm³/mol. The highest BCUT2D eigenvalue weighted by Crippen LogP contribution is 2.13. The zero-order chi connectivity index (χ0) is 16.5. The zero-order valence-electron chi connectivity index (χ0n) is 13.0. The summed E-state index contributed by atoms with van der Waals surface area (Å²) >= 11 is 1.68. The Hall–Kier alpha value is -2.08. The molecule has 2 aromatic rings. The molecule has 23 heavy (non-hydrogen) atoms. The molecule has 0 spiro atoms. The van der Waals surface area contributed by atoms with Crippen LogP contribution in [-0.4, -0.2) is 28.1 Å². The Morgan fingerprint density at radius 3 is 2.70 bits per heavy atom. The SMILES string of the molecule is O=C(O)CCCCCCNC(=O)c1cccn1Cc1cccs1. The predicted octanol–water partition coefficient (Wildman–Crippen LogP) is 3.36. The number of nitrogens with zero attached hydrogens (tertiary/aromatic N) is 1. The summed E-state index contributed by atoms with van der Waals surface area (Å²) in [6, 6.07) is 7.78. The molecule has 0 bridgehead atoms. The van der Waals surface area contributed by atoms with Gasteiger partial charge in [0.1, 0.15) is 5.69 Å². The fourth-order valence-corrected chi connectivity index (χ4v) is 3.08. The maximum Gasteiger partial charge on any atom is 0.303 e. The molecule has 0 saturated heterocycles. The highest BCUT2D eigenvalue weighted by atomic mass is 32.1. The van der Waals surface area contributed by atoms with Crippen LogP contribution in [0.25, 0.3) is 0 Å². The van der Waals surface area contributed by atoms with Crippen LogP contribution in [0.4, 0.5) is 0 Å². The van der Waals surface area contributed by atoms with Crippen molar-refractivity contribution in [3.63, 3.8) is 0 Å². The van der Waals surface area contributed by atoms with Gasteiger partial charge in [-0.15, -0.1) is 11.3 Å². The normalized spacial score (nSPS) is 10.6. The van der Waals surface area contributed by atoms with Crippen LogP contribution in [0.1, 0.15) is 47.5 Å². The van der Waals surface area contributed by atoms with E-state index in [1.807, 2.05) is 34.3 Å².